The Labute approximate surface area is 81.3 Å². The van der Waals surface area contributed by atoms with Crippen LogP contribution in [0, 0.1) is 0 Å². The SMILES string of the molecule is CCOC(=O)COc1ccc(O)cn1. The number of nitrogens with zero attached hydrogens (tertiary/aromatic N) is 1. The third-order valence-corrected chi connectivity index (χ3v) is 1.36. The molecule has 0 radical (unpaired) electrons. The summed E-state index contributed by atoms with van der Waals surface area (Å²) in [6.45, 7) is 1.87. The van der Waals surface area contributed by atoms with Crippen LogP contribution in [0.25, 0.3) is 0 Å². The van der Waals surface area contributed by atoms with E-state index in [2.05, 4.69) is 9.72 Å². The number of hydrogen-bond donors (Lipinski definition) is 1. The molecular weight excluding hydrogens is 186 g/mol. The largest absolute Gasteiger partial charge is 0.506 e. The lowest BCUT2D eigenvalue weighted by Crippen LogP contribution is -2.14. The van der Waals surface area contributed by atoms with Crippen molar-refractivity contribution >= 4 is 5.97 Å². The van der Waals surface area contributed by atoms with Gasteiger partial charge in [-0.05, 0) is 13.0 Å². The molecule has 1 rings (SSSR count). The molecule has 0 aromatic carbocycles. The second-order valence-corrected chi connectivity index (χ2v) is 2.45. The first-order valence-electron chi connectivity index (χ1n) is 4.16. The number of aromatic hydroxyl groups is 1. The van der Waals surface area contributed by atoms with Crippen LogP contribution >= 0.6 is 0 Å². The minimum atomic E-state index is -0.442. The van der Waals surface area contributed by atoms with Gasteiger partial charge in [-0.15, -0.1) is 0 Å². The molecule has 0 fully saturated rings. The van der Waals surface area contributed by atoms with Crippen molar-refractivity contribution in [1.82, 2.24) is 4.98 Å². The summed E-state index contributed by atoms with van der Waals surface area (Å²) in [5.74, 6) is -0.119. The number of aromatic nitrogens is 1. The Balaban J connectivity index is 2.38. The number of ether oxygens (including phenoxy) is 2. The number of rotatable bonds is 4. The summed E-state index contributed by atoms with van der Waals surface area (Å²) >= 11 is 0. The second-order valence-electron chi connectivity index (χ2n) is 2.45. The molecule has 0 aliphatic carbocycles. The fourth-order valence-corrected chi connectivity index (χ4v) is 0.793. The van der Waals surface area contributed by atoms with Crippen molar-refractivity contribution in [2.24, 2.45) is 0 Å². The molecule has 0 aliphatic heterocycles. The van der Waals surface area contributed by atoms with Gasteiger partial charge in [-0.25, -0.2) is 9.78 Å². The fourth-order valence-electron chi connectivity index (χ4n) is 0.793. The second kappa shape index (κ2) is 5.06. The van der Waals surface area contributed by atoms with E-state index in [9.17, 15) is 4.79 Å². The lowest BCUT2D eigenvalue weighted by Gasteiger charge is -2.04. The Morgan fingerprint density at radius 1 is 1.57 bits per heavy atom. The van der Waals surface area contributed by atoms with E-state index in [-0.39, 0.29) is 18.2 Å². The van der Waals surface area contributed by atoms with E-state index in [1.165, 1.54) is 18.3 Å². The molecule has 0 spiro atoms. The Kier molecular flexibility index (Phi) is 3.72. The van der Waals surface area contributed by atoms with Gasteiger partial charge in [0.25, 0.3) is 0 Å². The van der Waals surface area contributed by atoms with E-state index in [1.54, 1.807) is 6.92 Å². The number of carbonyl (C=O) groups is 1. The molecule has 1 heterocycles. The maximum Gasteiger partial charge on any atom is 0.344 e. The molecule has 0 saturated carbocycles. The summed E-state index contributed by atoms with van der Waals surface area (Å²) in [7, 11) is 0. The number of hydrogen-bond acceptors (Lipinski definition) is 5. The van der Waals surface area contributed by atoms with Crippen LogP contribution in [0.2, 0.25) is 0 Å². The Morgan fingerprint density at radius 2 is 2.36 bits per heavy atom. The van der Waals surface area contributed by atoms with Crippen molar-refractivity contribution < 1.29 is 19.4 Å². The summed E-state index contributed by atoms with van der Waals surface area (Å²) in [4.78, 5) is 14.6. The number of pyridine rings is 1. The maximum absolute atomic E-state index is 10.9. The Morgan fingerprint density at radius 3 is 2.93 bits per heavy atom. The van der Waals surface area contributed by atoms with Crippen molar-refractivity contribution in [3.05, 3.63) is 18.3 Å². The van der Waals surface area contributed by atoms with Crippen molar-refractivity contribution in [2.75, 3.05) is 13.2 Å². The normalized spacial score (nSPS) is 9.50. The average Bonchev–Trinajstić information content (AvgIpc) is 2.17. The zero-order chi connectivity index (χ0) is 10.4. The molecule has 5 nitrogen and oxygen atoms in total. The molecule has 5 heteroatoms. The van der Waals surface area contributed by atoms with Crippen LogP contribution in [0.4, 0.5) is 0 Å². The van der Waals surface area contributed by atoms with Gasteiger partial charge in [0.2, 0.25) is 5.88 Å². The molecule has 76 valence electrons. The standard InChI is InChI=1S/C9H11NO4/c1-2-13-9(12)6-14-8-4-3-7(11)5-10-8/h3-5,11H,2,6H2,1H3. The lowest BCUT2D eigenvalue weighted by molar-refractivity contribution is -0.145. The summed E-state index contributed by atoms with van der Waals surface area (Å²) in [6, 6.07) is 2.89. The van der Waals surface area contributed by atoms with Crippen LogP contribution in [0.15, 0.2) is 18.3 Å². The quantitative estimate of drug-likeness (QED) is 0.720. The van der Waals surface area contributed by atoms with Gasteiger partial charge in [-0.3, -0.25) is 0 Å². The molecule has 1 aromatic rings. The van der Waals surface area contributed by atoms with Crippen LogP contribution < -0.4 is 4.74 Å². The predicted molar refractivity (Wildman–Crippen MR) is 48.0 cm³/mol. The highest BCUT2D eigenvalue weighted by Crippen LogP contribution is 2.11. The molecule has 0 atom stereocenters. The van der Waals surface area contributed by atoms with Crippen LogP contribution in [0.1, 0.15) is 6.92 Å². The first-order valence-corrected chi connectivity index (χ1v) is 4.16. The highest BCUT2D eigenvalue weighted by molar-refractivity contribution is 5.70. The van der Waals surface area contributed by atoms with E-state index in [4.69, 9.17) is 9.84 Å². The molecule has 0 unspecified atom stereocenters. The summed E-state index contributed by atoms with van der Waals surface area (Å²) < 4.78 is 9.62. The topological polar surface area (TPSA) is 68.7 Å². The lowest BCUT2D eigenvalue weighted by atomic mass is 10.4. The zero-order valence-electron chi connectivity index (χ0n) is 7.77. The summed E-state index contributed by atoms with van der Waals surface area (Å²) in [6.07, 6.45) is 1.24. The van der Waals surface area contributed by atoms with Gasteiger partial charge >= 0.3 is 5.97 Å². The van der Waals surface area contributed by atoms with Crippen molar-refractivity contribution in [1.29, 1.82) is 0 Å². The Bertz CT molecular complexity index is 296. The third kappa shape index (κ3) is 3.30. The van der Waals surface area contributed by atoms with E-state index in [0.717, 1.165) is 0 Å². The van der Waals surface area contributed by atoms with Crippen LogP contribution in [0.3, 0.4) is 0 Å². The zero-order valence-corrected chi connectivity index (χ0v) is 7.77. The fraction of sp³-hybridized carbons (Fsp3) is 0.333. The van der Waals surface area contributed by atoms with E-state index < -0.39 is 5.97 Å². The van der Waals surface area contributed by atoms with Gasteiger partial charge in [0.05, 0.1) is 12.8 Å². The minimum absolute atomic E-state index is 0.0495. The van der Waals surface area contributed by atoms with Crippen molar-refractivity contribution in [3.63, 3.8) is 0 Å². The molecule has 0 saturated heterocycles. The molecule has 1 N–H and O–H groups in total. The molecule has 0 bridgehead atoms. The highest BCUT2D eigenvalue weighted by atomic mass is 16.6. The third-order valence-electron chi connectivity index (χ3n) is 1.36. The van der Waals surface area contributed by atoms with Gasteiger partial charge in [0, 0.05) is 6.07 Å². The molecule has 1 aromatic heterocycles. The van der Waals surface area contributed by atoms with E-state index in [0.29, 0.717) is 6.61 Å². The molecule has 14 heavy (non-hydrogen) atoms. The highest BCUT2D eigenvalue weighted by Gasteiger charge is 2.03. The van der Waals surface area contributed by atoms with Gasteiger partial charge in [0.15, 0.2) is 6.61 Å². The van der Waals surface area contributed by atoms with Gasteiger partial charge < -0.3 is 14.6 Å². The van der Waals surface area contributed by atoms with Crippen LogP contribution in [-0.2, 0) is 9.53 Å². The number of esters is 1. The summed E-state index contributed by atoms with van der Waals surface area (Å²) in [5.41, 5.74) is 0. The Hall–Kier alpha value is -1.78. The monoisotopic (exact) mass is 197 g/mol. The first kappa shape index (κ1) is 10.3. The van der Waals surface area contributed by atoms with E-state index in [1.807, 2.05) is 0 Å². The summed E-state index contributed by atoms with van der Waals surface area (Å²) in [5, 5.41) is 8.91. The van der Waals surface area contributed by atoms with E-state index >= 15 is 0 Å². The molecular formula is C9H11NO4. The van der Waals surface area contributed by atoms with Crippen LogP contribution in [0.5, 0.6) is 11.6 Å². The van der Waals surface area contributed by atoms with Gasteiger partial charge in [-0.2, -0.15) is 0 Å². The van der Waals surface area contributed by atoms with Crippen molar-refractivity contribution in [3.8, 4) is 11.6 Å². The minimum Gasteiger partial charge on any atom is -0.506 e. The van der Waals surface area contributed by atoms with Crippen LogP contribution in [-0.4, -0.2) is 29.3 Å². The van der Waals surface area contributed by atoms with Gasteiger partial charge in [0.1, 0.15) is 5.75 Å². The molecule has 0 aliphatic rings. The average molecular weight is 197 g/mol. The van der Waals surface area contributed by atoms with Crippen molar-refractivity contribution in [2.45, 2.75) is 6.92 Å². The number of carbonyl (C=O) groups excluding carboxylic acids is 1. The smallest absolute Gasteiger partial charge is 0.344 e. The first-order chi connectivity index (χ1) is 6.72. The maximum atomic E-state index is 10.9. The molecule has 0 amide bonds. The predicted octanol–water partition coefficient (Wildman–Crippen LogP) is 0.729. The van der Waals surface area contributed by atoms with Gasteiger partial charge in [-0.1, -0.05) is 0 Å².